The second-order valence-corrected chi connectivity index (χ2v) is 5.65. The van der Waals surface area contributed by atoms with Gasteiger partial charge in [-0.1, -0.05) is 11.6 Å². The summed E-state index contributed by atoms with van der Waals surface area (Å²) in [5.41, 5.74) is 0.519. The van der Waals surface area contributed by atoms with E-state index in [1.54, 1.807) is 12.1 Å². The number of benzene rings is 1. The molecule has 1 aliphatic heterocycles. The van der Waals surface area contributed by atoms with E-state index in [4.69, 9.17) is 21.1 Å². The molecule has 1 aliphatic rings. The third-order valence-electron chi connectivity index (χ3n) is 3.67. The summed E-state index contributed by atoms with van der Waals surface area (Å²) in [6.07, 6.45) is 1.15. The van der Waals surface area contributed by atoms with Gasteiger partial charge in [0.15, 0.2) is 0 Å². The second-order valence-electron chi connectivity index (χ2n) is 5.24. The summed E-state index contributed by atoms with van der Waals surface area (Å²) in [5, 5.41) is 12.7. The van der Waals surface area contributed by atoms with Gasteiger partial charge < -0.3 is 19.9 Å². The highest BCUT2D eigenvalue weighted by Crippen LogP contribution is 2.35. The van der Waals surface area contributed by atoms with Crippen molar-refractivity contribution >= 4 is 23.2 Å². The molecule has 122 valence electrons. The number of nitrogens with zero attached hydrogens (tertiary/aromatic N) is 1. The number of ether oxygens (including phenoxy) is 2. The standard InChI is InChI=1S/C15H21ClN2O4/c1-21-13-8-12(14(22-2)7-11(13)16)17-15(20)9-18-5-3-10(19)4-6-18/h7-8,10,19H,3-6,9H2,1-2H3,(H,17,20). The van der Waals surface area contributed by atoms with Gasteiger partial charge in [-0.3, -0.25) is 9.69 Å². The number of piperidine rings is 1. The average molecular weight is 329 g/mol. The lowest BCUT2D eigenvalue weighted by Gasteiger charge is -2.28. The van der Waals surface area contributed by atoms with E-state index in [1.807, 2.05) is 4.90 Å². The highest BCUT2D eigenvalue weighted by molar-refractivity contribution is 6.32. The Morgan fingerprint density at radius 3 is 2.55 bits per heavy atom. The number of methoxy groups -OCH3 is 2. The van der Waals surface area contributed by atoms with E-state index < -0.39 is 0 Å². The Morgan fingerprint density at radius 1 is 1.32 bits per heavy atom. The smallest absolute Gasteiger partial charge is 0.238 e. The molecule has 1 aromatic carbocycles. The van der Waals surface area contributed by atoms with E-state index in [9.17, 15) is 9.90 Å². The number of halogens is 1. The fourth-order valence-electron chi connectivity index (χ4n) is 2.43. The van der Waals surface area contributed by atoms with Crippen molar-refractivity contribution in [3.05, 3.63) is 17.2 Å². The number of hydrogen-bond acceptors (Lipinski definition) is 5. The van der Waals surface area contributed by atoms with Crippen LogP contribution in [-0.2, 0) is 4.79 Å². The summed E-state index contributed by atoms with van der Waals surface area (Å²) < 4.78 is 10.4. The molecule has 0 saturated carbocycles. The van der Waals surface area contributed by atoms with Gasteiger partial charge in [0.25, 0.3) is 0 Å². The van der Waals surface area contributed by atoms with Gasteiger partial charge in [0.05, 0.1) is 37.6 Å². The topological polar surface area (TPSA) is 71.0 Å². The number of hydrogen-bond donors (Lipinski definition) is 2. The first kappa shape index (κ1) is 16.9. The van der Waals surface area contributed by atoms with Crippen LogP contribution in [0.5, 0.6) is 11.5 Å². The lowest BCUT2D eigenvalue weighted by atomic mass is 10.1. The lowest BCUT2D eigenvalue weighted by Crippen LogP contribution is -2.40. The normalized spacial score (nSPS) is 16.4. The summed E-state index contributed by atoms with van der Waals surface area (Å²) >= 11 is 6.04. The number of nitrogens with one attached hydrogen (secondary N) is 1. The molecule has 1 aromatic rings. The first-order valence-electron chi connectivity index (χ1n) is 7.15. The highest BCUT2D eigenvalue weighted by Gasteiger charge is 2.20. The molecule has 1 heterocycles. The van der Waals surface area contributed by atoms with Crippen molar-refractivity contribution in [3.63, 3.8) is 0 Å². The minimum Gasteiger partial charge on any atom is -0.495 e. The van der Waals surface area contributed by atoms with Gasteiger partial charge >= 0.3 is 0 Å². The van der Waals surface area contributed by atoms with Crippen molar-refractivity contribution in [2.24, 2.45) is 0 Å². The molecular formula is C15H21ClN2O4. The Balaban J connectivity index is 2.01. The minimum atomic E-state index is -0.250. The molecule has 0 unspecified atom stereocenters. The number of aliphatic hydroxyl groups excluding tert-OH is 1. The van der Waals surface area contributed by atoms with Crippen molar-refractivity contribution < 1.29 is 19.4 Å². The number of likely N-dealkylation sites (tertiary alicyclic amines) is 1. The molecule has 1 amide bonds. The number of aliphatic hydroxyl groups is 1. The molecule has 0 bridgehead atoms. The third-order valence-corrected chi connectivity index (χ3v) is 3.97. The number of carbonyl (C=O) groups excluding carboxylic acids is 1. The minimum absolute atomic E-state index is 0.140. The van der Waals surface area contributed by atoms with E-state index in [0.29, 0.717) is 35.1 Å². The largest absolute Gasteiger partial charge is 0.495 e. The van der Waals surface area contributed by atoms with E-state index in [0.717, 1.165) is 13.1 Å². The maximum Gasteiger partial charge on any atom is 0.238 e. The Bertz CT molecular complexity index is 531. The average Bonchev–Trinajstić information content (AvgIpc) is 2.50. The number of carbonyl (C=O) groups is 1. The summed E-state index contributed by atoms with van der Waals surface area (Å²) in [6, 6.07) is 3.24. The van der Waals surface area contributed by atoms with Crippen LogP contribution in [0.2, 0.25) is 5.02 Å². The van der Waals surface area contributed by atoms with Crippen molar-refractivity contribution in [2.45, 2.75) is 18.9 Å². The fourth-order valence-corrected chi connectivity index (χ4v) is 2.66. The molecule has 0 atom stereocenters. The summed E-state index contributed by atoms with van der Waals surface area (Å²) in [7, 11) is 3.03. The molecule has 22 heavy (non-hydrogen) atoms. The van der Waals surface area contributed by atoms with Crippen LogP contribution in [-0.4, -0.2) is 55.9 Å². The van der Waals surface area contributed by atoms with Crippen LogP contribution in [0.25, 0.3) is 0 Å². The molecule has 0 spiro atoms. The van der Waals surface area contributed by atoms with Gasteiger partial charge in [0.1, 0.15) is 11.5 Å². The van der Waals surface area contributed by atoms with Crippen LogP contribution in [0, 0.1) is 0 Å². The molecule has 7 heteroatoms. The van der Waals surface area contributed by atoms with Crippen LogP contribution >= 0.6 is 11.6 Å². The second kappa shape index (κ2) is 7.67. The van der Waals surface area contributed by atoms with Crippen LogP contribution in [0.1, 0.15) is 12.8 Å². The van der Waals surface area contributed by atoms with Crippen LogP contribution in [0.4, 0.5) is 5.69 Å². The van der Waals surface area contributed by atoms with Gasteiger partial charge in [-0.05, 0) is 12.8 Å². The summed E-state index contributed by atoms with van der Waals surface area (Å²) in [6.45, 7) is 1.71. The predicted octanol–water partition coefficient (Wildman–Crippen LogP) is 1.75. The lowest BCUT2D eigenvalue weighted by molar-refractivity contribution is -0.117. The van der Waals surface area contributed by atoms with Gasteiger partial charge in [-0.2, -0.15) is 0 Å². The van der Waals surface area contributed by atoms with Crippen LogP contribution < -0.4 is 14.8 Å². The van der Waals surface area contributed by atoms with Crippen molar-refractivity contribution in [3.8, 4) is 11.5 Å². The van der Waals surface area contributed by atoms with E-state index in [1.165, 1.54) is 14.2 Å². The monoisotopic (exact) mass is 328 g/mol. The van der Waals surface area contributed by atoms with Crippen LogP contribution in [0.3, 0.4) is 0 Å². The molecule has 0 aromatic heterocycles. The van der Waals surface area contributed by atoms with Crippen molar-refractivity contribution in [2.75, 3.05) is 39.2 Å². The quantitative estimate of drug-likeness (QED) is 0.861. The van der Waals surface area contributed by atoms with Gasteiger partial charge in [0.2, 0.25) is 5.91 Å². The number of anilines is 1. The molecular weight excluding hydrogens is 308 g/mol. The zero-order valence-corrected chi connectivity index (χ0v) is 13.5. The van der Waals surface area contributed by atoms with E-state index in [2.05, 4.69) is 5.32 Å². The van der Waals surface area contributed by atoms with Gasteiger partial charge in [-0.15, -0.1) is 0 Å². The summed E-state index contributed by atoms with van der Waals surface area (Å²) in [4.78, 5) is 14.2. The molecule has 2 N–H and O–H groups in total. The maximum atomic E-state index is 12.2. The predicted molar refractivity (Wildman–Crippen MR) is 84.9 cm³/mol. The molecule has 6 nitrogen and oxygen atoms in total. The zero-order valence-electron chi connectivity index (χ0n) is 12.8. The van der Waals surface area contributed by atoms with Crippen molar-refractivity contribution in [1.82, 2.24) is 4.90 Å². The Morgan fingerprint density at radius 2 is 1.95 bits per heavy atom. The Labute approximate surface area is 135 Å². The van der Waals surface area contributed by atoms with E-state index >= 15 is 0 Å². The van der Waals surface area contributed by atoms with Crippen molar-refractivity contribution in [1.29, 1.82) is 0 Å². The van der Waals surface area contributed by atoms with E-state index in [-0.39, 0.29) is 18.6 Å². The first-order chi connectivity index (χ1) is 10.5. The van der Waals surface area contributed by atoms with Crippen LogP contribution in [0.15, 0.2) is 12.1 Å². The highest BCUT2D eigenvalue weighted by atomic mass is 35.5. The number of amides is 1. The molecule has 0 radical (unpaired) electrons. The first-order valence-corrected chi connectivity index (χ1v) is 7.53. The summed E-state index contributed by atoms with van der Waals surface area (Å²) in [5.74, 6) is 0.811. The molecule has 2 rings (SSSR count). The van der Waals surface area contributed by atoms with Gasteiger partial charge in [-0.25, -0.2) is 0 Å². The Kier molecular flexibility index (Phi) is 5.88. The Hall–Kier alpha value is -1.50. The number of rotatable bonds is 5. The molecule has 1 fully saturated rings. The van der Waals surface area contributed by atoms with Gasteiger partial charge in [0, 0.05) is 25.2 Å². The SMILES string of the molecule is COc1cc(NC(=O)CN2CCC(O)CC2)c(OC)cc1Cl. The molecule has 1 saturated heterocycles. The maximum absolute atomic E-state index is 12.2. The zero-order chi connectivity index (χ0) is 16.1. The third kappa shape index (κ3) is 4.25. The fraction of sp³-hybridized carbons (Fsp3) is 0.533. The molecule has 0 aliphatic carbocycles.